The van der Waals surface area contributed by atoms with E-state index < -0.39 is 0 Å². The third-order valence-corrected chi connectivity index (χ3v) is 3.27. The first-order valence-corrected chi connectivity index (χ1v) is 6.34. The van der Waals surface area contributed by atoms with E-state index in [1.807, 2.05) is 6.92 Å². The van der Waals surface area contributed by atoms with Gasteiger partial charge in [0, 0.05) is 24.5 Å². The summed E-state index contributed by atoms with van der Waals surface area (Å²) in [6.45, 7) is 6.27. The minimum atomic E-state index is 0.0953. The SMILES string of the molecule is CC(N)CCC(=O)NN1C(C)CCCC1C. The second kappa shape index (κ2) is 6.21. The van der Waals surface area contributed by atoms with Gasteiger partial charge in [0.2, 0.25) is 5.91 Å². The summed E-state index contributed by atoms with van der Waals surface area (Å²) in [4.78, 5) is 11.7. The van der Waals surface area contributed by atoms with Gasteiger partial charge in [0.05, 0.1) is 0 Å². The fourth-order valence-electron chi connectivity index (χ4n) is 2.20. The topological polar surface area (TPSA) is 58.4 Å². The molecule has 3 atom stereocenters. The van der Waals surface area contributed by atoms with Gasteiger partial charge in [0.25, 0.3) is 0 Å². The van der Waals surface area contributed by atoms with Crippen LogP contribution in [0.1, 0.15) is 52.9 Å². The minimum Gasteiger partial charge on any atom is -0.328 e. The van der Waals surface area contributed by atoms with Crippen molar-refractivity contribution in [1.82, 2.24) is 10.4 Å². The van der Waals surface area contributed by atoms with Crippen molar-refractivity contribution in [3.8, 4) is 0 Å². The average molecular weight is 227 g/mol. The number of nitrogens with two attached hydrogens (primary N) is 1. The van der Waals surface area contributed by atoms with Gasteiger partial charge in [-0.05, 0) is 40.0 Å². The summed E-state index contributed by atoms with van der Waals surface area (Å²) >= 11 is 0. The molecule has 0 radical (unpaired) electrons. The number of hydrazine groups is 1. The van der Waals surface area contributed by atoms with E-state index in [4.69, 9.17) is 5.73 Å². The van der Waals surface area contributed by atoms with E-state index in [9.17, 15) is 4.79 Å². The maximum atomic E-state index is 11.7. The molecular weight excluding hydrogens is 202 g/mol. The van der Waals surface area contributed by atoms with Gasteiger partial charge in [-0.1, -0.05) is 6.42 Å². The van der Waals surface area contributed by atoms with E-state index in [0.717, 1.165) is 19.3 Å². The highest BCUT2D eigenvalue weighted by molar-refractivity contribution is 5.75. The summed E-state index contributed by atoms with van der Waals surface area (Å²) in [5, 5.41) is 2.10. The second-order valence-electron chi connectivity index (χ2n) is 5.09. The lowest BCUT2D eigenvalue weighted by Crippen LogP contribution is -2.54. The molecule has 4 heteroatoms. The van der Waals surface area contributed by atoms with E-state index in [2.05, 4.69) is 24.3 Å². The second-order valence-corrected chi connectivity index (χ2v) is 5.09. The number of rotatable bonds is 4. The fourth-order valence-corrected chi connectivity index (χ4v) is 2.20. The molecule has 0 bridgehead atoms. The maximum Gasteiger partial charge on any atom is 0.234 e. The van der Waals surface area contributed by atoms with Gasteiger partial charge in [-0.2, -0.15) is 0 Å². The Hall–Kier alpha value is -0.610. The van der Waals surface area contributed by atoms with Crippen LogP contribution in [0.25, 0.3) is 0 Å². The van der Waals surface area contributed by atoms with Crippen molar-refractivity contribution >= 4 is 5.91 Å². The van der Waals surface area contributed by atoms with Crippen molar-refractivity contribution in [2.45, 2.75) is 71.0 Å². The van der Waals surface area contributed by atoms with Crippen molar-refractivity contribution in [3.63, 3.8) is 0 Å². The molecule has 3 unspecified atom stereocenters. The molecule has 0 spiro atoms. The van der Waals surface area contributed by atoms with Gasteiger partial charge in [-0.15, -0.1) is 0 Å². The number of piperidine rings is 1. The van der Waals surface area contributed by atoms with Crippen molar-refractivity contribution < 1.29 is 4.79 Å². The lowest BCUT2D eigenvalue weighted by Gasteiger charge is -2.38. The number of nitrogens with one attached hydrogen (secondary N) is 1. The molecule has 1 aliphatic heterocycles. The van der Waals surface area contributed by atoms with Gasteiger partial charge in [-0.25, -0.2) is 5.01 Å². The predicted molar refractivity (Wildman–Crippen MR) is 65.6 cm³/mol. The molecule has 1 rings (SSSR count). The number of amides is 1. The minimum absolute atomic E-state index is 0.0953. The summed E-state index contributed by atoms with van der Waals surface area (Å²) in [5.41, 5.74) is 8.65. The van der Waals surface area contributed by atoms with Crippen LogP contribution in [0.2, 0.25) is 0 Å². The van der Waals surface area contributed by atoms with Crippen molar-refractivity contribution in [2.75, 3.05) is 0 Å². The smallest absolute Gasteiger partial charge is 0.234 e. The molecule has 0 saturated carbocycles. The monoisotopic (exact) mass is 227 g/mol. The zero-order chi connectivity index (χ0) is 12.1. The molecule has 1 amide bonds. The summed E-state index contributed by atoms with van der Waals surface area (Å²) in [6.07, 6.45) is 4.86. The lowest BCUT2D eigenvalue weighted by atomic mass is 10.00. The van der Waals surface area contributed by atoms with Crippen LogP contribution in [0.15, 0.2) is 0 Å². The van der Waals surface area contributed by atoms with E-state index in [0.29, 0.717) is 18.5 Å². The number of carbonyl (C=O) groups excluding carboxylic acids is 1. The first kappa shape index (κ1) is 13.5. The first-order valence-electron chi connectivity index (χ1n) is 6.34. The quantitative estimate of drug-likeness (QED) is 0.763. The highest BCUT2D eigenvalue weighted by atomic mass is 16.2. The van der Waals surface area contributed by atoms with Gasteiger partial charge in [-0.3, -0.25) is 10.2 Å². The van der Waals surface area contributed by atoms with Crippen LogP contribution in [0.3, 0.4) is 0 Å². The van der Waals surface area contributed by atoms with Crippen LogP contribution in [0.4, 0.5) is 0 Å². The number of hydrogen-bond acceptors (Lipinski definition) is 3. The highest BCUT2D eigenvalue weighted by Crippen LogP contribution is 2.20. The molecule has 1 heterocycles. The first-order chi connectivity index (χ1) is 7.50. The Kier molecular flexibility index (Phi) is 5.22. The van der Waals surface area contributed by atoms with Crippen LogP contribution in [0, 0.1) is 0 Å². The third kappa shape index (κ3) is 4.10. The molecule has 1 saturated heterocycles. The van der Waals surface area contributed by atoms with Gasteiger partial charge in [0.1, 0.15) is 0 Å². The van der Waals surface area contributed by atoms with E-state index in [1.165, 1.54) is 6.42 Å². The molecule has 94 valence electrons. The Morgan fingerprint density at radius 2 is 2.00 bits per heavy atom. The molecule has 0 aromatic heterocycles. The summed E-state index contributed by atoms with van der Waals surface area (Å²) in [7, 11) is 0. The molecule has 4 nitrogen and oxygen atoms in total. The van der Waals surface area contributed by atoms with Crippen LogP contribution >= 0.6 is 0 Å². The Bertz CT molecular complexity index is 220. The molecule has 0 aliphatic carbocycles. The summed E-state index contributed by atoms with van der Waals surface area (Å²) < 4.78 is 0. The third-order valence-electron chi connectivity index (χ3n) is 3.27. The van der Waals surface area contributed by atoms with E-state index in [-0.39, 0.29) is 11.9 Å². The Labute approximate surface area is 98.5 Å². The molecular formula is C12H25N3O. The van der Waals surface area contributed by atoms with Crippen molar-refractivity contribution in [1.29, 1.82) is 0 Å². The average Bonchev–Trinajstić information content (AvgIpc) is 2.21. The van der Waals surface area contributed by atoms with Gasteiger partial charge < -0.3 is 5.73 Å². The standard InChI is InChI=1S/C12H25N3O/c1-9(13)7-8-12(16)14-15-10(2)5-4-6-11(15)3/h9-11H,4-8,13H2,1-3H3,(H,14,16). The molecule has 0 aromatic carbocycles. The van der Waals surface area contributed by atoms with Crippen LogP contribution in [0.5, 0.6) is 0 Å². The van der Waals surface area contributed by atoms with Crippen LogP contribution in [-0.4, -0.2) is 29.0 Å². The number of carbonyl (C=O) groups is 1. The molecule has 0 aromatic rings. The highest BCUT2D eigenvalue weighted by Gasteiger charge is 2.25. The Morgan fingerprint density at radius 3 is 2.50 bits per heavy atom. The van der Waals surface area contributed by atoms with Crippen molar-refractivity contribution in [2.24, 2.45) is 5.73 Å². The van der Waals surface area contributed by atoms with E-state index >= 15 is 0 Å². The summed E-state index contributed by atoms with van der Waals surface area (Å²) in [5.74, 6) is 0.0953. The number of hydrogen-bond donors (Lipinski definition) is 2. The molecule has 1 fully saturated rings. The largest absolute Gasteiger partial charge is 0.328 e. The van der Waals surface area contributed by atoms with Crippen LogP contribution in [-0.2, 0) is 4.79 Å². The maximum absolute atomic E-state index is 11.7. The Balaban J connectivity index is 2.36. The normalized spacial score (nSPS) is 28.8. The van der Waals surface area contributed by atoms with Crippen molar-refractivity contribution in [3.05, 3.63) is 0 Å². The zero-order valence-electron chi connectivity index (χ0n) is 10.7. The molecule has 3 N–H and O–H groups in total. The lowest BCUT2D eigenvalue weighted by molar-refractivity contribution is -0.129. The van der Waals surface area contributed by atoms with E-state index in [1.54, 1.807) is 0 Å². The predicted octanol–water partition coefficient (Wildman–Crippen LogP) is 1.41. The zero-order valence-corrected chi connectivity index (χ0v) is 10.7. The summed E-state index contributed by atoms with van der Waals surface area (Å²) in [6, 6.07) is 0.993. The Morgan fingerprint density at radius 1 is 1.44 bits per heavy atom. The van der Waals surface area contributed by atoms with Crippen LogP contribution < -0.4 is 11.2 Å². The molecule has 16 heavy (non-hydrogen) atoms. The number of nitrogens with zero attached hydrogens (tertiary/aromatic N) is 1. The fraction of sp³-hybridized carbons (Fsp3) is 0.917. The molecule has 1 aliphatic rings. The van der Waals surface area contributed by atoms with Gasteiger partial charge >= 0.3 is 0 Å². The van der Waals surface area contributed by atoms with Gasteiger partial charge in [0.15, 0.2) is 0 Å².